The van der Waals surface area contributed by atoms with E-state index in [0.29, 0.717) is 12.1 Å². The van der Waals surface area contributed by atoms with E-state index in [1.165, 1.54) is 11.0 Å². The zero-order chi connectivity index (χ0) is 16.3. The van der Waals surface area contributed by atoms with E-state index in [9.17, 15) is 35.9 Å². The van der Waals surface area contributed by atoms with Gasteiger partial charge in [-0.2, -0.15) is 26.3 Å². The van der Waals surface area contributed by atoms with Gasteiger partial charge >= 0.3 is 18.3 Å². The molecule has 0 aromatic heterocycles. The summed E-state index contributed by atoms with van der Waals surface area (Å²) >= 11 is 0. The minimum atomic E-state index is -5.28. The Morgan fingerprint density at radius 1 is 1.05 bits per heavy atom. The summed E-state index contributed by atoms with van der Waals surface area (Å²) in [6, 6.07) is 3.09. The molecule has 1 amide bonds. The van der Waals surface area contributed by atoms with Gasteiger partial charge in [0.1, 0.15) is 0 Å². The molecule has 0 fully saturated rings. The SMILES string of the molecule is O=C(NNOC(=O)C(F)(F)F)c1cccc(C(F)(F)F)c1. The van der Waals surface area contributed by atoms with Crippen LogP contribution in [0.1, 0.15) is 15.9 Å². The first-order valence-electron chi connectivity index (χ1n) is 5.02. The van der Waals surface area contributed by atoms with E-state index in [2.05, 4.69) is 4.84 Å². The predicted octanol–water partition coefficient (Wildman–Crippen LogP) is 1.96. The highest BCUT2D eigenvalue weighted by Gasteiger charge is 2.41. The zero-order valence-corrected chi connectivity index (χ0v) is 9.80. The topological polar surface area (TPSA) is 67.4 Å². The van der Waals surface area contributed by atoms with Crippen molar-refractivity contribution in [2.45, 2.75) is 12.4 Å². The molecule has 1 aromatic carbocycles. The van der Waals surface area contributed by atoms with Crippen LogP contribution in [0.5, 0.6) is 0 Å². The molecule has 0 aliphatic rings. The zero-order valence-electron chi connectivity index (χ0n) is 9.80. The van der Waals surface area contributed by atoms with E-state index in [4.69, 9.17) is 0 Å². The van der Waals surface area contributed by atoms with Crippen molar-refractivity contribution in [3.63, 3.8) is 0 Å². The van der Waals surface area contributed by atoms with E-state index in [1.807, 2.05) is 0 Å². The Hall–Kier alpha value is -2.30. The summed E-state index contributed by atoms with van der Waals surface area (Å²) in [6.07, 6.45) is -9.97. The summed E-state index contributed by atoms with van der Waals surface area (Å²) < 4.78 is 72.3. The number of hydrazine groups is 1. The quantitative estimate of drug-likeness (QED) is 0.661. The number of hydrogen-bond acceptors (Lipinski definition) is 4. The van der Waals surface area contributed by atoms with Crippen LogP contribution in [0, 0.1) is 0 Å². The fourth-order valence-electron chi connectivity index (χ4n) is 1.09. The van der Waals surface area contributed by atoms with Crippen molar-refractivity contribution in [2.24, 2.45) is 0 Å². The molecule has 5 nitrogen and oxygen atoms in total. The molecule has 0 aliphatic heterocycles. The molecular weight excluding hydrogens is 310 g/mol. The summed E-state index contributed by atoms with van der Waals surface area (Å²) in [7, 11) is 0. The summed E-state index contributed by atoms with van der Waals surface area (Å²) in [5.41, 5.74) is 1.06. The largest absolute Gasteiger partial charge is 0.492 e. The third kappa shape index (κ3) is 4.95. The van der Waals surface area contributed by atoms with Gasteiger partial charge in [0.2, 0.25) is 0 Å². The molecule has 11 heteroatoms. The highest BCUT2D eigenvalue weighted by molar-refractivity contribution is 5.94. The van der Waals surface area contributed by atoms with Gasteiger partial charge in [-0.25, -0.2) is 4.79 Å². The Balaban J connectivity index is 2.63. The van der Waals surface area contributed by atoms with Gasteiger partial charge in [0, 0.05) is 5.56 Å². The van der Waals surface area contributed by atoms with E-state index in [1.54, 1.807) is 0 Å². The fourth-order valence-corrected chi connectivity index (χ4v) is 1.09. The molecule has 0 radical (unpaired) electrons. The number of nitrogens with one attached hydrogen (secondary N) is 2. The normalized spacial score (nSPS) is 11.9. The van der Waals surface area contributed by atoms with Gasteiger partial charge < -0.3 is 4.84 Å². The van der Waals surface area contributed by atoms with Gasteiger partial charge in [0.15, 0.2) is 0 Å². The molecule has 0 saturated heterocycles. The molecular formula is C10H6F6N2O3. The molecule has 0 spiro atoms. The third-order valence-corrected chi connectivity index (χ3v) is 1.99. The Bertz CT molecular complexity index is 540. The van der Waals surface area contributed by atoms with Crippen LogP contribution in [-0.2, 0) is 15.8 Å². The molecule has 0 aliphatic carbocycles. The number of halogens is 6. The average Bonchev–Trinajstić information content (AvgIpc) is 2.36. The van der Waals surface area contributed by atoms with Gasteiger partial charge in [-0.3, -0.25) is 10.2 Å². The second-order valence-corrected chi connectivity index (χ2v) is 3.52. The van der Waals surface area contributed by atoms with Gasteiger partial charge in [0.05, 0.1) is 5.56 Å². The highest BCUT2D eigenvalue weighted by Crippen LogP contribution is 2.29. The number of amides is 1. The van der Waals surface area contributed by atoms with Crippen LogP contribution >= 0.6 is 0 Å². The highest BCUT2D eigenvalue weighted by atomic mass is 19.4. The summed E-state index contributed by atoms with van der Waals surface area (Å²) in [5, 5.41) is 0. The van der Waals surface area contributed by atoms with Crippen LogP contribution in [0.25, 0.3) is 0 Å². The van der Waals surface area contributed by atoms with Crippen molar-refractivity contribution in [1.29, 1.82) is 0 Å². The lowest BCUT2D eigenvalue weighted by Crippen LogP contribution is -2.42. The maximum atomic E-state index is 12.4. The van der Waals surface area contributed by atoms with Crippen molar-refractivity contribution in [3.8, 4) is 0 Å². The van der Waals surface area contributed by atoms with Crippen molar-refractivity contribution in [2.75, 3.05) is 0 Å². The first kappa shape index (κ1) is 16.8. The van der Waals surface area contributed by atoms with E-state index < -0.39 is 35.4 Å². The lowest BCUT2D eigenvalue weighted by Gasteiger charge is -2.10. The standard InChI is InChI=1S/C10H6F6N2O3/c11-9(12,13)6-3-1-2-5(4-6)7(19)17-18-21-8(20)10(14,15)16/h1-4,18H,(H,17,19). The second kappa shape index (κ2) is 5.99. The Labute approximate surface area is 112 Å². The molecule has 0 unspecified atom stereocenters. The minimum Gasteiger partial charge on any atom is -0.343 e. The van der Waals surface area contributed by atoms with E-state index >= 15 is 0 Å². The number of carbonyl (C=O) groups is 2. The van der Waals surface area contributed by atoms with Gasteiger partial charge in [-0.05, 0) is 18.2 Å². The fraction of sp³-hybridized carbons (Fsp3) is 0.200. The van der Waals surface area contributed by atoms with Gasteiger partial charge in [-0.1, -0.05) is 11.7 Å². The van der Waals surface area contributed by atoms with Crippen LogP contribution < -0.4 is 11.0 Å². The van der Waals surface area contributed by atoms with Crippen molar-refractivity contribution < 1.29 is 40.8 Å². The van der Waals surface area contributed by atoms with Gasteiger partial charge in [-0.15, -0.1) is 0 Å². The Kier molecular flexibility index (Phi) is 4.78. The van der Waals surface area contributed by atoms with Crippen LogP contribution in [0.3, 0.4) is 0 Å². The van der Waals surface area contributed by atoms with Crippen LogP contribution in [0.4, 0.5) is 26.3 Å². The molecule has 0 heterocycles. The lowest BCUT2D eigenvalue weighted by molar-refractivity contribution is -0.208. The number of rotatable bonds is 3. The summed E-state index contributed by atoms with van der Waals surface area (Å²) in [6.45, 7) is 0. The molecule has 21 heavy (non-hydrogen) atoms. The molecule has 116 valence electrons. The number of alkyl halides is 6. The number of hydrogen-bond donors (Lipinski definition) is 2. The monoisotopic (exact) mass is 316 g/mol. The molecule has 0 saturated carbocycles. The van der Waals surface area contributed by atoms with E-state index in [-0.39, 0.29) is 0 Å². The lowest BCUT2D eigenvalue weighted by atomic mass is 10.1. The van der Waals surface area contributed by atoms with Gasteiger partial charge in [0.25, 0.3) is 5.91 Å². The smallest absolute Gasteiger partial charge is 0.343 e. The average molecular weight is 316 g/mol. The predicted molar refractivity (Wildman–Crippen MR) is 54.2 cm³/mol. The second-order valence-electron chi connectivity index (χ2n) is 3.52. The first-order chi connectivity index (χ1) is 9.51. The Morgan fingerprint density at radius 3 is 2.19 bits per heavy atom. The maximum Gasteiger partial charge on any atom is 0.492 e. The van der Waals surface area contributed by atoms with Crippen LogP contribution in [-0.4, -0.2) is 18.1 Å². The third-order valence-electron chi connectivity index (χ3n) is 1.99. The van der Waals surface area contributed by atoms with Crippen LogP contribution in [0.2, 0.25) is 0 Å². The molecule has 0 bridgehead atoms. The van der Waals surface area contributed by atoms with Crippen LogP contribution in [0.15, 0.2) is 24.3 Å². The van der Waals surface area contributed by atoms with Crippen molar-refractivity contribution in [1.82, 2.24) is 11.0 Å². The molecule has 1 aromatic rings. The number of carbonyl (C=O) groups excluding carboxylic acids is 2. The molecule has 2 N–H and O–H groups in total. The minimum absolute atomic E-state index is 0.475. The first-order valence-corrected chi connectivity index (χ1v) is 5.02. The maximum absolute atomic E-state index is 12.4. The molecule has 1 rings (SSSR count). The Morgan fingerprint density at radius 2 is 1.67 bits per heavy atom. The van der Waals surface area contributed by atoms with Crippen molar-refractivity contribution in [3.05, 3.63) is 35.4 Å². The number of benzene rings is 1. The summed E-state index contributed by atoms with van der Waals surface area (Å²) in [5.74, 6) is -3.86. The van der Waals surface area contributed by atoms with E-state index in [0.717, 1.165) is 12.1 Å². The molecule has 0 atom stereocenters. The summed E-state index contributed by atoms with van der Waals surface area (Å²) in [4.78, 5) is 25.0. The van der Waals surface area contributed by atoms with Crippen molar-refractivity contribution >= 4 is 11.9 Å².